The van der Waals surface area contributed by atoms with Gasteiger partial charge in [0, 0.05) is 16.6 Å². The predicted molar refractivity (Wildman–Crippen MR) is 79.5 cm³/mol. The van der Waals surface area contributed by atoms with E-state index >= 15 is 0 Å². The molecule has 21 heavy (non-hydrogen) atoms. The summed E-state index contributed by atoms with van der Waals surface area (Å²) >= 11 is 3.12. The lowest BCUT2D eigenvalue weighted by Gasteiger charge is -2.10. The Morgan fingerprint density at radius 1 is 1.48 bits per heavy atom. The van der Waals surface area contributed by atoms with Gasteiger partial charge >= 0.3 is 5.97 Å². The number of rotatable bonds is 6. The van der Waals surface area contributed by atoms with Crippen LogP contribution in [0.3, 0.4) is 0 Å². The predicted octanol–water partition coefficient (Wildman–Crippen LogP) is 2.08. The summed E-state index contributed by atoms with van der Waals surface area (Å²) < 4.78 is 28.9. The fourth-order valence-electron chi connectivity index (χ4n) is 1.71. The molecule has 0 N–H and O–H groups in total. The number of nitro benzene ring substituents is 1. The Bertz CT molecular complexity index is 658. The smallest absolute Gasteiger partial charge is 0.309 e. The summed E-state index contributed by atoms with van der Waals surface area (Å²) in [5.41, 5.74) is 0.267. The van der Waals surface area contributed by atoms with Crippen molar-refractivity contribution in [1.82, 2.24) is 0 Å². The minimum atomic E-state index is -3.55. The van der Waals surface area contributed by atoms with E-state index in [2.05, 4.69) is 20.7 Å². The van der Waals surface area contributed by atoms with Crippen LogP contribution in [-0.4, -0.2) is 32.2 Å². The maximum Gasteiger partial charge on any atom is 0.309 e. The van der Waals surface area contributed by atoms with Gasteiger partial charge in [0.05, 0.1) is 29.5 Å². The van der Waals surface area contributed by atoms with Crippen LogP contribution < -0.4 is 0 Å². The number of halogens is 1. The maximum atomic E-state index is 12.0. The molecular weight excluding hydrogens is 366 g/mol. The third kappa shape index (κ3) is 5.09. The number of ether oxygens (including phenoxy) is 1. The average molecular weight is 380 g/mol. The zero-order valence-electron chi connectivity index (χ0n) is 11.4. The number of methoxy groups -OCH3 is 1. The molecule has 1 aromatic rings. The molecule has 0 saturated carbocycles. The van der Waals surface area contributed by atoms with Crippen molar-refractivity contribution in [2.75, 3.05) is 12.9 Å². The summed E-state index contributed by atoms with van der Waals surface area (Å²) in [7, 11) is -2.35. The van der Waals surface area contributed by atoms with E-state index in [9.17, 15) is 23.3 Å². The van der Waals surface area contributed by atoms with E-state index in [1.807, 2.05) is 0 Å². The van der Waals surface area contributed by atoms with Crippen molar-refractivity contribution in [3.63, 3.8) is 0 Å². The van der Waals surface area contributed by atoms with E-state index in [4.69, 9.17) is 0 Å². The largest absolute Gasteiger partial charge is 0.469 e. The number of esters is 1. The Hall–Kier alpha value is -1.48. The molecule has 0 saturated heterocycles. The van der Waals surface area contributed by atoms with E-state index in [0.717, 1.165) is 0 Å². The van der Waals surface area contributed by atoms with Crippen LogP contribution in [0.2, 0.25) is 0 Å². The monoisotopic (exact) mass is 379 g/mol. The average Bonchev–Trinajstić information content (AvgIpc) is 2.39. The molecule has 0 aliphatic rings. The Morgan fingerprint density at radius 3 is 2.57 bits per heavy atom. The van der Waals surface area contributed by atoms with Gasteiger partial charge in [-0.25, -0.2) is 8.42 Å². The van der Waals surface area contributed by atoms with Gasteiger partial charge in [0.1, 0.15) is 0 Å². The van der Waals surface area contributed by atoms with Crippen molar-refractivity contribution in [3.05, 3.63) is 38.3 Å². The number of benzene rings is 1. The topological polar surface area (TPSA) is 104 Å². The molecule has 9 heteroatoms. The summed E-state index contributed by atoms with van der Waals surface area (Å²) in [6.45, 7) is 1.47. The quantitative estimate of drug-likeness (QED) is 0.425. The van der Waals surface area contributed by atoms with Crippen molar-refractivity contribution in [3.8, 4) is 0 Å². The first-order chi connectivity index (χ1) is 9.66. The zero-order chi connectivity index (χ0) is 16.2. The molecule has 0 radical (unpaired) electrons. The second kappa shape index (κ2) is 6.99. The molecule has 1 aromatic carbocycles. The molecular formula is C12H14BrNO6S. The number of hydrogen-bond donors (Lipinski definition) is 0. The number of carbonyl (C=O) groups excluding carboxylic acids is 1. The molecule has 1 atom stereocenters. The summed E-state index contributed by atoms with van der Waals surface area (Å²) in [5, 5.41) is 10.6. The molecule has 0 heterocycles. The lowest BCUT2D eigenvalue weighted by molar-refractivity contribution is -0.384. The van der Waals surface area contributed by atoms with Crippen LogP contribution in [0, 0.1) is 16.0 Å². The van der Waals surface area contributed by atoms with Gasteiger partial charge in [-0.05, 0) is 5.56 Å². The molecule has 1 unspecified atom stereocenters. The van der Waals surface area contributed by atoms with Crippen molar-refractivity contribution in [2.45, 2.75) is 12.7 Å². The number of hydrogen-bond acceptors (Lipinski definition) is 6. The van der Waals surface area contributed by atoms with Crippen LogP contribution in [0.25, 0.3) is 0 Å². The van der Waals surface area contributed by atoms with E-state index in [-0.39, 0.29) is 17.2 Å². The van der Waals surface area contributed by atoms with Crippen molar-refractivity contribution in [2.24, 2.45) is 5.92 Å². The van der Waals surface area contributed by atoms with Crippen LogP contribution >= 0.6 is 15.9 Å². The molecule has 0 bridgehead atoms. The number of nitrogens with zero attached hydrogens (tertiary/aromatic N) is 1. The van der Waals surface area contributed by atoms with Crippen LogP contribution in [0.4, 0.5) is 5.69 Å². The van der Waals surface area contributed by atoms with Gasteiger partial charge in [-0.3, -0.25) is 14.9 Å². The second-order valence-corrected chi connectivity index (χ2v) is 7.48. The first-order valence-corrected chi connectivity index (χ1v) is 8.49. The van der Waals surface area contributed by atoms with Crippen molar-refractivity contribution >= 4 is 37.4 Å². The summed E-state index contributed by atoms with van der Waals surface area (Å²) in [4.78, 5) is 21.3. The molecule has 0 aliphatic heterocycles. The second-order valence-electron chi connectivity index (χ2n) is 4.51. The molecule has 7 nitrogen and oxygen atoms in total. The number of non-ortho nitro benzene ring substituents is 1. The minimum absolute atomic E-state index is 0.133. The van der Waals surface area contributed by atoms with Crippen LogP contribution in [0.5, 0.6) is 0 Å². The highest BCUT2D eigenvalue weighted by molar-refractivity contribution is 9.10. The Kier molecular flexibility index (Phi) is 5.85. The highest BCUT2D eigenvalue weighted by Crippen LogP contribution is 2.25. The van der Waals surface area contributed by atoms with E-state index < -0.39 is 26.6 Å². The van der Waals surface area contributed by atoms with Gasteiger partial charge in [0.15, 0.2) is 9.84 Å². The fourth-order valence-corrected chi connectivity index (χ4v) is 4.15. The van der Waals surface area contributed by atoms with Gasteiger partial charge in [-0.15, -0.1) is 0 Å². The molecule has 0 fully saturated rings. The molecule has 0 spiro atoms. The normalized spacial score (nSPS) is 12.7. The molecule has 0 amide bonds. The van der Waals surface area contributed by atoms with Gasteiger partial charge in [-0.2, -0.15) is 0 Å². The van der Waals surface area contributed by atoms with Crippen molar-refractivity contribution < 1.29 is 22.9 Å². The molecule has 0 aliphatic carbocycles. The SMILES string of the molecule is COC(=O)C(C)CS(=O)(=O)Cc1ccc([N+](=O)[O-])cc1Br. The van der Waals surface area contributed by atoms with E-state index in [1.54, 1.807) is 0 Å². The Balaban J connectivity index is 2.89. The number of nitro groups is 1. The molecule has 1 rings (SSSR count). The number of sulfone groups is 1. The van der Waals surface area contributed by atoms with Crippen LogP contribution in [0.15, 0.2) is 22.7 Å². The molecule has 0 aromatic heterocycles. The van der Waals surface area contributed by atoms with Crippen LogP contribution in [0.1, 0.15) is 12.5 Å². The van der Waals surface area contributed by atoms with Gasteiger partial charge < -0.3 is 4.74 Å². The molecule has 116 valence electrons. The van der Waals surface area contributed by atoms with Crippen LogP contribution in [-0.2, 0) is 25.1 Å². The standard InChI is InChI=1S/C12H14BrNO6S/c1-8(12(15)20-2)6-21(18,19)7-9-3-4-10(14(16)17)5-11(9)13/h3-5,8H,6-7H2,1-2H3. The first-order valence-electron chi connectivity index (χ1n) is 5.87. The van der Waals surface area contributed by atoms with Crippen molar-refractivity contribution in [1.29, 1.82) is 0 Å². The van der Waals surface area contributed by atoms with Gasteiger partial charge in [0.25, 0.3) is 5.69 Å². The highest BCUT2D eigenvalue weighted by Gasteiger charge is 2.23. The maximum absolute atomic E-state index is 12.0. The third-order valence-corrected chi connectivity index (χ3v) is 5.23. The summed E-state index contributed by atoms with van der Waals surface area (Å²) in [6, 6.07) is 3.86. The lowest BCUT2D eigenvalue weighted by Crippen LogP contribution is -2.23. The fraction of sp³-hybridized carbons (Fsp3) is 0.417. The zero-order valence-corrected chi connectivity index (χ0v) is 13.8. The van der Waals surface area contributed by atoms with E-state index in [1.165, 1.54) is 32.2 Å². The minimum Gasteiger partial charge on any atom is -0.469 e. The Morgan fingerprint density at radius 2 is 2.10 bits per heavy atom. The van der Waals surface area contributed by atoms with Gasteiger partial charge in [-0.1, -0.05) is 28.9 Å². The first kappa shape index (κ1) is 17.6. The van der Waals surface area contributed by atoms with E-state index in [0.29, 0.717) is 10.0 Å². The third-order valence-electron chi connectivity index (χ3n) is 2.73. The Labute approximate surface area is 130 Å². The van der Waals surface area contributed by atoms with Gasteiger partial charge in [0.2, 0.25) is 0 Å². The highest BCUT2D eigenvalue weighted by atomic mass is 79.9. The summed E-state index contributed by atoms with van der Waals surface area (Å²) in [5.74, 6) is -2.02. The number of carbonyl (C=O) groups is 1. The summed E-state index contributed by atoms with van der Waals surface area (Å²) in [6.07, 6.45) is 0. The lowest BCUT2D eigenvalue weighted by atomic mass is 10.2.